The van der Waals surface area contributed by atoms with Gasteiger partial charge in [-0.15, -0.1) is 0 Å². The van der Waals surface area contributed by atoms with E-state index in [0.29, 0.717) is 16.9 Å². The minimum Gasteiger partial charge on any atom is -0.353 e. The molecule has 0 aliphatic heterocycles. The second-order valence-corrected chi connectivity index (χ2v) is 3.62. The molecule has 0 amide bonds. The Morgan fingerprint density at radius 2 is 1.50 bits per heavy atom. The summed E-state index contributed by atoms with van der Waals surface area (Å²) in [4.78, 5) is 0. The first-order valence-corrected chi connectivity index (χ1v) is 5.20. The van der Waals surface area contributed by atoms with Crippen LogP contribution in [0.1, 0.15) is 11.1 Å². The Hall–Kier alpha value is -2.85. The molecule has 0 aromatic heterocycles. The summed E-state index contributed by atoms with van der Waals surface area (Å²) in [6.07, 6.45) is 0. The van der Waals surface area contributed by atoms with E-state index in [4.69, 9.17) is 10.5 Å². The zero-order valence-electron chi connectivity index (χ0n) is 9.31. The topological polar surface area (TPSA) is 59.6 Å². The highest BCUT2D eigenvalue weighted by atomic mass is 19.1. The summed E-state index contributed by atoms with van der Waals surface area (Å²) in [6.45, 7) is 0. The first-order valence-electron chi connectivity index (χ1n) is 5.20. The molecule has 0 aliphatic carbocycles. The van der Waals surface area contributed by atoms with Crippen LogP contribution in [-0.2, 0) is 0 Å². The van der Waals surface area contributed by atoms with E-state index in [1.165, 1.54) is 18.2 Å². The second-order valence-electron chi connectivity index (χ2n) is 3.62. The van der Waals surface area contributed by atoms with Crippen LogP contribution in [0.5, 0.6) is 0 Å². The van der Waals surface area contributed by atoms with Crippen molar-refractivity contribution in [3.63, 3.8) is 0 Å². The molecule has 0 saturated carbocycles. The van der Waals surface area contributed by atoms with Gasteiger partial charge >= 0.3 is 0 Å². The lowest BCUT2D eigenvalue weighted by Gasteiger charge is -2.07. The normalized spacial score (nSPS) is 9.28. The molecule has 0 saturated heterocycles. The molecule has 0 spiro atoms. The van der Waals surface area contributed by atoms with E-state index in [2.05, 4.69) is 5.32 Å². The maximum atomic E-state index is 13.6. The van der Waals surface area contributed by atoms with Gasteiger partial charge in [0.25, 0.3) is 0 Å². The van der Waals surface area contributed by atoms with Crippen LogP contribution in [0.25, 0.3) is 0 Å². The molecule has 3 nitrogen and oxygen atoms in total. The van der Waals surface area contributed by atoms with Crippen LogP contribution in [0.15, 0.2) is 42.5 Å². The van der Waals surface area contributed by atoms with Crippen LogP contribution in [0.2, 0.25) is 0 Å². The van der Waals surface area contributed by atoms with E-state index >= 15 is 0 Å². The first-order chi connectivity index (χ1) is 8.72. The molecule has 2 aromatic rings. The summed E-state index contributed by atoms with van der Waals surface area (Å²) >= 11 is 0. The quantitative estimate of drug-likeness (QED) is 0.871. The summed E-state index contributed by atoms with van der Waals surface area (Å²) < 4.78 is 13.6. The van der Waals surface area contributed by atoms with Gasteiger partial charge in [0.15, 0.2) is 0 Å². The van der Waals surface area contributed by atoms with E-state index in [1.807, 2.05) is 12.1 Å². The molecule has 0 atom stereocenters. The van der Waals surface area contributed by atoms with Gasteiger partial charge in [0.05, 0.1) is 29.0 Å². The SMILES string of the molecule is N#Cc1ccc(Nc2ccc(C#N)cc2F)cc1. The number of rotatable bonds is 2. The summed E-state index contributed by atoms with van der Waals surface area (Å²) in [5.74, 6) is -0.488. The number of anilines is 2. The smallest absolute Gasteiger partial charge is 0.147 e. The first kappa shape index (κ1) is 11.6. The largest absolute Gasteiger partial charge is 0.353 e. The lowest BCUT2D eigenvalue weighted by Crippen LogP contribution is -1.94. The fourth-order valence-corrected chi connectivity index (χ4v) is 1.47. The molecule has 86 valence electrons. The standard InChI is InChI=1S/C14H8FN3/c15-13-7-11(9-17)3-6-14(13)18-12-4-1-10(8-16)2-5-12/h1-7,18H. The van der Waals surface area contributed by atoms with Crippen LogP contribution >= 0.6 is 0 Å². The van der Waals surface area contributed by atoms with Crippen molar-refractivity contribution in [1.82, 2.24) is 0 Å². The second kappa shape index (κ2) is 4.99. The molecule has 2 rings (SSSR count). The van der Waals surface area contributed by atoms with E-state index < -0.39 is 5.82 Å². The van der Waals surface area contributed by atoms with Gasteiger partial charge in [0.1, 0.15) is 5.82 Å². The lowest BCUT2D eigenvalue weighted by atomic mass is 10.2. The van der Waals surface area contributed by atoms with Crippen molar-refractivity contribution in [2.75, 3.05) is 5.32 Å². The number of halogens is 1. The Bertz CT molecular complexity index is 648. The highest BCUT2D eigenvalue weighted by Crippen LogP contribution is 2.21. The maximum Gasteiger partial charge on any atom is 0.147 e. The summed E-state index contributed by atoms with van der Waals surface area (Å²) in [5, 5.41) is 20.2. The predicted molar refractivity (Wildman–Crippen MR) is 65.6 cm³/mol. The molecule has 0 fully saturated rings. The van der Waals surface area contributed by atoms with Crippen LogP contribution < -0.4 is 5.32 Å². The van der Waals surface area contributed by atoms with Gasteiger partial charge < -0.3 is 5.32 Å². The van der Waals surface area contributed by atoms with Crippen molar-refractivity contribution in [2.45, 2.75) is 0 Å². The predicted octanol–water partition coefficient (Wildman–Crippen LogP) is 3.31. The van der Waals surface area contributed by atoms with Gasteiger partial charge in [0, 0.05) is 5.69 Å². The average molecular weight is 237 g/mol. The van der Waals surface area contributed by atoms with Gasteiger partial charge in [-0.05, 0) is 42.5 Å². The Kier molecular flexibility index (Phi) is 3.22. The highest BCUT2D eigenvalue weighted by Gasteiger charge is 2.03. The third kappa shape index (κ3) is 2.45. The maximum absolute atomic E-state index is 13.6. The average Bonchev–Trinajstić information content (AvgIpc) is 2.42. The molecule has 0 aliphatic rings. The molecule has 0 radical (unpaired) electrons. The molecule has 4 heteroatoms. The number of hydrogen-bond acceptors (Lipinski definition) is 3. The zero-order chi connectivity index (χ0) is 13.0. The number of benzene rings is 2. The van der Waals surface area contributed by atoms with E-state index in [0.717, 1.165) is 0 Å². The van der Waals surface area contributed by atoms with Crippen LogP contribution in [0.3, 0.4) is 0 Å². The lowest BCUT2D eigenvalue weighted by molar-refractivity contribution is 0.631. The minimum atomic E-state index is -0.488. The molecule has 18 heavy (non-hydrogen) atoms. The molecule has 2 aromatic carbocycles. The molecular weight excluding hydrogens is 229 g/mol. The Morgan fingerprint density at radius 1 is 0.889 bits per heavy atom. The van der Waals surface area contributed by atoms with Crippen molar-refractivity contribution in [3.05, 3.63) is 59.4 Å². The molecule has 0 unspecified atom stereocenters. The molecular formula is C14H8FN3. The van der Waals surface area contributed by atoms with Gasteiger partial charge in [0.2, 0.25) is 0 Å². The van der Waals surface area contributed by atoms with Crippen molar-refractivity contribution in [1.29, 1.82) is 10.5 Å². The third-order valence-corrected chi connectivity index (χ3v) is 2.39. The number of hydrogen-bond donors (Lipinski definition) is 1. The Balaban J connectivity index is 2.24. The molecule has 1 N–H and O–H groups in total. The number of nitriles is 2. The fraction of sp³-hybridized carbons (Fsp3) is 0. The van der Waals surface area contributed by atoms with Gasteiger partial charge in [-0.2, -0.15) is 10.5 Å². The van der Waals surface area contributed by atoms with E-state index in [-0.39, 0.29) is 5.56 Å². The highest BCUT2D eigenvalue weighted by molar-refractivity contribution is 5.61. The third-order valence-electron chi connectivity index (χ3n) is 2.39. The van der Waals surface area contributed by atoms with Gasteiger partial charge in [-0.1, -0.05) is 0 Å². The van der Waals surface area contributed by atoms with Gasteiger partial charge in [-0.25, -0.2) is 4.39 Å². The molecule has 0 heterocycles. The van der Waals surface area contributed by atoms with Crippen LogP contribution in [-0.4, -0.2) is 0 Å². The Morgan fingerprint density at radius 3 is 2.06 bits per heavy atom. The Labute approximate surface area is 104 Å². The zero-order valence-corrected chi connectivity index (χ0v) is 9.31. The van der Waals surface area contributed by atoms with Gasteiger partial charge in [-0.3, -0.25) is 0 Å². The van der Waals surface area contributed by atoms with Crippen LogP contribution in [0.4, 0.5) is 15.8 Å². The number of nitrogens with one attached hydrogen (secondary N) is 1. The van der Waals surface area contributed by atoms with E-state index in [9.17, 15) is 4.39 Å². The summed E-state index contributed by atoms with van der Waals surface area (Å²) in [7, 11) is 0. The van der Waals surface area contributed by atoms with Crippen molar-refractivity contribution in [3.8, 4) is 12.1 Å². The van der Waals surface area contributed by atoms with Crippen molar-refractivity contribution in [2.24, 2.45) is 0 Å². The van der Waals surface area contributed by atoms with Crippen molar-refractivity contribution >= 4 is 11.4 Å². The fourth-order valence-electron chi connectivity index (χ4n) is 1.47. The summed E-state index contributed by atoms with van der Waals surface area (Å²) in [6, 6.07) is 14.8. The monoisotopic (exact) mass is 237 g/mol. The summed E-state index contributed by atoms with van der Waals surface area (Å²) in [5.41, 5.74) is 1.79. The van der Waals surface area contributed by atoms with Crippen LogP contribution in [0, 0.1) is 28.5 Å². The van der Waals surface area contributed by atoms with Crippen molar-refractivity contribution < 1.29 is 4.39 Å². The minimum absolute atomic E-state index is 0.276. The molecule has 0 bridgehead atoms. The van der Waals surface area contributed by atoms with E-state index in [1.54, 1.807) is 24.3 Å². The number of nitrogens with zero attached hydrogens (tertiary/aromatic N) is 2.